The molecule has 0 aliphatic heterocycles. The Labute approximate surface area is 148 Å². The predicted octanol–water partition coefficient (Wildman–Crippen LogP) is 3.49. The third-order valence-electron chi connectivity index (χ3n) is 3.99. The molecule has 25 heavy (non-hydrogen) atoms. The average Bonchev–Trinajstić information content (AvgIpc) is 3.18. The second-order valence-corrected chi connectivity index (χ2v) is 6.96. The number of aryl methyl sites for hydroxylation is 1. The van der Waals surface area contributed by atoms with Crippen molar-refractivity contribution in [2.24, 2.45) is 0 Å². The molecule has 0 radical (unpaired) electrons. The third-order valence-corrected chi connectivity index (χ3v) is 5.01. The molecule has 0 aliphatic carbocycles. The van der Waals surface area contributed by atoms with E-state index in [0.717, 1.165) is 40.4 Å². The molecule has 0 N–H and O–H groups in total. The van der Waals surface area contributed by atoms with Gasteiger partial charge in [-0.15, -0.1) is 5.10 Å². The molecule has 128 valence electrons. The largest absolute Gasteiger partial charge is 0.459 e. The van der Waals surface area contributed by atoms with Gasteiger partial charge in [-0.25, -0.2) is 4.98 Å². The molecule has 7 heteroatoms. The van der Waals surface area contributed by atoms with Gasteiger partial charge < -0.3 is 9.32 Å². The van der Waals surface area contributed by atoms with Crippen molar-refractivity contribution in [3.63, 3.8) is 0 Å². The van der Waals surface area contributed by atoms with Gasteiger partial charge >= 0.3 is 0 Å². The Bertz CT molecular complexity index is 1060. The Morgan fingerprint density at radius 2 is 2.12 bits per heavy atom. The van der Waals surface area contributed by atoms with E-state index in [4.69, 9.17) is 4.42 Å². The maximum atomic E-state index is 12.2. The number of fused-ring (bicyclic) bond motifs is 2. The summed E-state index contributed by atoms with van der Waals surface area (Å²) in [6, 6.07) is 11.5. The predicted molar refractivity (Wildman–Crippen MR) is 99.5 cm³/mol. The summed E-state index contributed by atoms with van der Waals surface area (Å²) in [5, 5.41) is 6.22. The van der Waals surface area contributed by atoms with Crippen molar-refractivity contribution in [2.45, 2.75) is 26.3 Å². The van der Waals surface area contributed by atoms with Gasteiger partial charge in [0.2, 0.25) is 10.1 Å². The molecule has 3 aromatic heterocycles. The number of nitrogens with zero attached hydrogens (tertiary/aromatic N) is 4. The van der Waals surface area contributed by atoms with Crippen LogP contribution in [-0.4, -0.2) is 21.6 Å². The summed E-state index contributed by atoms with van der Waals surface area (Å²) in [7, 11) is 1.93. The van der Waals surface area contributed by atoms with Crippen LogP contribution in [0.4, 0.5) is 5.13 Å². The van der Waals surface area contributed by atoms with Gasteiger partial charge in [-0.3, -0.25) is 4.79 Å². The van der Waals surface area contributed by atoms with Crippen molar-refractivity contribution in [2.75, 3.05) is 11.9 Å². The van der Waals surface area contributed by atoms with Crippen molar-refractivity contribution in [3.05, 3.63) is 58.2 Å². The fourth-order valence-electron chi connectivity index (χ4n) is 2.80. The Balaban J connectivity index is 1.64. The molecule has 0 saturated carbocycles. The lowest BCUT2D eigenvalue weighted by atomic mass is 10.2. The molecule has 0 saturated heterocycles. The SMILES string of the molecule is CCCc1cc(=O)n2nc(N(C)Cc3cc4ccccc4o3)sc2n1. The fourth-order valence-corrected chi connectivity index (χ4v) is 3.69. The number of rotatable bonds is 5. The summed E-state index contributed by atoms with van der Waals surface area (Å²) in [5.74, 6) is 0.856. The zero-order valence-corrected chi connectivity index (χ0v) is 14.9. The monoisotopic (exact) mass is 354 g/mol. The van der Waals surface area contributed by atoms with E-state index in [-0.39, 0.29) is 5.56 Å². The minimum absolute atomic E-state index is 0.131. The maximum Gasteiger partial charge on any atom is 0.275 e. The normalized spacial score (nSPS) is 11.4. The molecular weight excluding hydrogens is 336 g/mol. The Morgan fingerprint density at radius 3 is 2.92 bits per heavy atom. The quantitative estimate of drug-likeness (QED) is 0.549. The molecule has 0 bridgehead atoms. The molecule has 4 rings (SSSR count). The lowest BCUT2D eigenvalue weighted by Gasteiger charge is -2.12. The summed E-state index contributed by atoms with van der Waals surface area (Å²) >= 11 is 1.41. The van der Waals surface area contributed by atoms with Gasteiger partial charge in [-0.1, -0.05) is 42.9 Å². The van der Waals surface area contributed by atoms with Crippen molar-refractivity contribution < 1.29 is 4.42 Å². The van der Waals surface area contributed by atoms with E-state index in [0.29, 0.717) is 11.5 Å². The van der Waals surface area contributed by atoms with Crippen molar-refractivity contribution in [1.29, 1.82) is 0 Å². The average molecular weight is 354 g/mol. The Kier molecular flexibility index (Phi) is 4.01. The Hall–Kier alpha value is -2.67. The van der Waals surface area contributed by atoms with Crippen LogP contribution in [0.15, 0.2) is 45.6 Å². The van der Waals surface area contributed by atoms with Crippen LogP contribution in [0.25, 0.3) is 15.9 Å². The molecule has 0 atom stereocenters. The number of hydrogen-bond acceptors (Lipinski definition) is 6. The first-order valence-corrected chi connectivity index (χ1v) is 9.04. The highest BCUT2D eigenvalue weighted by Crippen LogP contribution is 2.24. The first-order chi connectivity index (χ1) is 12.1. The van der Waals surface area contributed by atoms with Crippen molar-refractivity contribution in [1.82, 2.24) is 14.6 Å². The van der Waals surface area contributed by atoms with Crippen LogP contribution in [0.5, 0.6) is 0 Å². The number of furan rings is 1. The van der Waals surface area contributed by atoms with Crippen LogP contribution in [0.3, 0.4) is 0 Å². The molecule has 0 fully saturated rings. The number of aromatic nitrogens is 3. The molecule has 0 unspecified atom stereocenters. The van der Waals surface area contributed by atoms with Crippen LogP contribution < -0.4 is 10.5 Å². The van der Waals surface area contributed by atoms with Gasteiger partial charge in [0.25, 0.3) is 5.56 Å². The van der Waals surface area contributed by atoms with E-state index >= 15 is 0 Å². The second kappa shape index (κ2) is 6.33. The number of benzene rings is 1. The minimum Gasteiger partial charge on any atom is -0.459 e. The highest BCUT2D eigenvalue weighted by Gasteiger charge is 2.14. The number of para-hydroxylation sites is 1. The van der Waals surface area contributed by atoms with Crippen LogP contribution >= 0.6 is 11.3 Å². The lowest BCUT2D eigenvalue weighted by Crippen LogP contribution is -2.18. The van der Waals surface area contributed by atoms with Gasteiger partial charge in [0, 0.05) is 24.2 Å². The smallest absolute Gasteiger partial charge is 0.275 e. The number of hydrogen-bond donors (Lipinski definition) is 0. The standard InChI is InChI=1S/C18H18N4O2S/c1-3-6-13-10-16(23)22-17(19-13)25-18(20-22)21(2)11-14-9-12-7-4-5-8-15(12)24-14/h4-5,7-10H,3,6,11H2,1-2H3. The third kappa shape index (κ3) is 3.02. The topological polar surface area (TPSA) is 63.6 Å². The second-order valence-electron chi connectivity index (χ2n) is 6.02. The highest BCUT2D eigenvalue weighted by atomic mass is 32.1. The minimum atomic E-state index is -0.131. The maximum absolute atomic E-state index is 12.2. The fraction of sp³-hybridized carbons (Fsp3) is 0.278. The highest BCUT2D eigenvalue weighted by molar-refractivity contribution is 7.20. The summed E-state index contributed by atoms with van der Waals surface area (Å²) < 4.78 is 7.23. The molecule has 0 aliphatic rings. The molecule has 3 heterocycles. The van der Waals surface area contributed by atoms with E-state index in [1.807, 2.05) is 42.3 Å². The summed E-state index contributed by atoms with van der Waals surface area (Å²) in [6.45, 7) is 2.65. The Morgan fingerprint density at radius 1 is 1.28 bits per heavy atom. The number of anilines is 1. The first-order valence-electron chi connectivity index (χ1n) is 8.22. The van der Waals surface area contributed by atoms with E-state index < -0.39 is 0 Å². The van der Waals surface area contributed by atoms with Gasteiger partial charge in [0.05, 0.1) is 6.54 Å². The van der Waals surface area contributed by atoms with Crippen molar-refractivity contribution >= 4 is 32.4 Å². The molecule has 1 aromatic carbocycles. The van der Waals surface area contributed by atoms with Gasteiger partial charge in [-0.2, -0.15) is 4.52 Å². The summed E-state index contributed by atoms with van der Waals surface area (Å²) in [4.78, 5) is 19.4. The van der Waals surface area contributed by atoms with Gasteiger partial charge in [0.1, 0.15) is 11.3 Å². The summed E-state index contributed by atoms with van der Waals surface area (Å²) in [5.41, 5.74) is 1.56. The molecular formula is C18H18N4O2S. The van der Waals surface area contributed by atoms with Crippen molar-refractivity contribution in [3.8, 4) is 0 Å². The van der Waals surface area contributed by atoms with Gasteiger partial charge in [-0.05, 0) is 18.6 Å². The van der Waals surface area contributed by atoms with E-state index in [1.165, 1.54) is 15.9 Å². The van der Waals surface area contributed by atoms with Gasteiger partial charge in [0.15, 0.2) is 0 Å². The molecule has 6 nitrogen and oxygen atoms in total. The van der Waals surface area contributed by atoms with Crippen LogP contribution in [0.1, 0.15) is 24.8 Å². The lowest BCUT2D eigenvalue weighted by molar-refractivity contribution is 0.545. The zero-order valence-electron chi connectivity index (χ0n) is 14.1. The van der Waals surface area contributed by atoms with E-state index in [2.05, 4.69) is 17.0 Å². The van der Waals surface area contributed by atoms with Crippen LogP contribution in [-0.2, 0) is 13.0 Å². The molecule has 0 spiro atoms. The van der Waals surface area contributed by atoms with Crippen LogP contribution in [0, 0.1) is 0 Å². The van der Waals surface area contributed by atoms with E-state index in [9.17, 15) is 4.79 Å². The molecule has 0 amide bonds. The van der Waals surface area contributed by atoms with Crippen LogP contribution in [0.2, 0.25) is 0 Å². The first kappa shape index (κ1) is 15.8. The summed E-state index contributed by atoms with van der Waals surface area (Å²) in [6.07, 6.45) is 1.76. The zero-order chi connectivity index (χ0) is 17.4. The molecule has 4 aromatic rings. The van der Waals surface area contributed by atoms with E-state index in [1.54, 1.807) is 6.07 Å².